The summed E-state index contributed by atoms with van der Waals surface area (Å²) < 4.78 is 10.6. The minimum Gasteiger partial charge on any atom is -0.450 e. The van der Waals surface area contributed by atoms with Crippen molar-refractivity contribution >= 4 is 17.6 Å². The summed E-state index contributed by atoms with van der Waals surface area (Å²) in [6.45, 7) is 3.66. The summed E-state index contributed by atoms with van der Waals surface area (Å²) in [6.07, 6.45) is 2.98. The van der Waals surface area contributed by atoms with Gasteiger partial charge in [0.15, 0.2) is 6.61 Å². The number of carbonyl (C=O) groups is 2. The Kier molecular flexibility index (Phi) is 5.77. The van der Waals surface area contributed by atoms with Crippen LogP contribution in [0.5, 0.6) is 0 Å². The molecule has 148 valence electrons. The monoisotopic (exact) mass is 386 g/mol. The summed E-state index contributed by atoms with van der Waals surface area (Å²) in [6, 6.07) is 9.08. The van der Waals surface area contributed by atoms with Crippen LogP contribution in [0.4, 0.5) is 5.69 Å². The number of piperidine rings is 1. The second-order valence-corrected chi connectivity index (χ2v) is 6.97. The third-order valence-corrected chi connectivity index (χ3v) is 4.98. The summed E-state index contributed by atoms with van der Waals surface area (Å²) >= 11 is 0. The number of nitro groups is 1. The van der Waals surface area contributed by atoms with Crippen molar-refractivity contribution in [2.75, 3.05) is 6.61 Å². The molecule has 1 aromatic heterocycles. The van der Waals surface area contributed by atoms with E-state index in [1.54, 1.807) is 11.0 Å². The average molecular weight is 386 g/mol. The Bertz CT molecular complexity index is 863. The number of benzene rings is 1. The van der Waals surface area contributed by atoms with E-state index in [0.29, 0.717) is 11.3 Å². The molecule has 2 heterocycles. The van der Waals surface area contributed by atoms with E-state index in [4.69, 9.17) is 9.15 Å². The van der Waals surface area contributed by atoms with Gasteiger partial charge in [-0.1, -0.05) is 0 Å². The molecule has 28 heavy (non-hydrogen) atoms. The van der Waals surface area contributed by atoms with Gasteiger partial charge in [-0.25, -0.2) is 4.79 Å². The van der Waals surface area contributed by atoms with Crippen LogP contribution in [0.1, 0.15) is 43.7 Å². The van der Waals surface area contributed by atoms with Gasteiger partial charge in [0.05, 0.1) is 4.92 Å². The quantitative estimate of drug-likeness (QED) is 0.440. The van der Waals surface area contributed by atoms with E-state index in [1.165, 1.54) is 30.3 Å². The van der Waals surface area contributed by atoms with Crippen LogP contribution in [-0.2, 0) is 9.53 Å². The molecule has 0 spiro atoms. The summed E-state index contributed by atoms with van der Waals surface area (Å²) in [5.41, 5.74) is 0.561. The standard InChI is InChI=1S/C20H22N2O6/c1-13-4-3-5-14(2)21(13)19(23)12-27-20(24)18-11-10-17(28-18)15-6-8-16(9-7-15)22(25)26/h6-11,13-14H,3-5,12H2,1-2H3/t13-,14-/m1/s1. The van der Waals surface area contributed by atoms with Crippen molar-refractivity contribution in [2.24, 2.45) is 0 Å². The van der Waals surface area contributed by atoms with Crippen LogP contribution in [0.2, 0.25) is 0 Å². The maximum absolute atomic E-state index is 12.4. The number of furan rings is 1. The molecule has 8 nitrogen and oxygen atoms in total. The van der Waals surface area contributed by atoms with Gasteiger partial charge in [-0.15, -0.1) is 0 Å². The molecule has 1 amide bonds. The van der Waals surface area contributed by atoms with Crippen molar-refractivity contribution in [3.05, 3.63) is 52.3 Å². The summed E-state index contributed by atoms with van der Waals surface area (Å²) in [4.78, 5) is 36.6. The van der Waals surface area contributed by atoms with E-state index >= 15 is 0 Å². The van der Waals surface area contributed by atoms with Crippen LogP contribution in [0.3, 0.4) is 0 Å². The van der Waals surface area contributed by atoms with Crippen molar-refractivity contribution in [1.29, 1.82) is 0 Å². The molecule has 1 fully saturated rings. The maximum Gasteiger partial charge on any atom is 0.374 e. The lowest BCUT2D eigenvalue weighted by atomic mass is 9.97. The van der Waals surface area contributed by atoms with Crippen LogP contribution in [-0.4, -0.2) is 40.4 Å². The molecule has 1 saturated heterocycles. The first-order valence-electron chi connectivity index (χ1n) is 9.19. The Morgan fingerprint density at radius 3 is 2.39 bits per heavy atom. The summed E-state index contributed by atoms with van der Waals surface area (Å²) in [7, 11) is 0. The number of hydrogen-bond acceptors (Lipinski definition) is 6. The lowest BCUT2D eigenvalue weighted by Crippen LogP contribution is -2.49. The van der Waals surface area contributed by atoms with Crippen molar-refractivity contribution in [2.45, 2.75) is 45.2 Å². The summed E-state index contributed by atoms with van der Waals surface area (Å²) in [5.74, 6) is -0.582. The highest BCUT2D eigenvalue weighted by molar-refractivity contribution is 5.89. The Balaban J connectivity index is 1.61. The molecule has 0 bridgehead atoms. The number of rotatable bonds is 5. The number of nitrogens with zero attached hydrogens (tertiary/aromatic N) is 2. The Morgan fingerprint density at radius 1 is 1.14 bits per heavy atom. The van der Waals surface area contributed by atoms with E-state index in [1.807, 2.05) is 13.8 Å². The van der Waals surface area contributed by atoms with Crippen molar-refractivity contribution in [1.82, 2.24) is 4.90 Å². The molecule has 0 saturated carbocycles. The van der Waals surface area contributed by atoms with Crippen LogP contribution >= 0.6 is 0 Å². The van der Waals surface area contributed by atoms with Gasteiger partial charge in [-0.05, 0) is 57.4 Å². The number of nitro benzene ring substituents is 1. The molecular formula is C20H22N2O6. The number of likely N-dealkylation sites (tertiary alicyclic amines) is 1. The normalized spacial score (nSPS) is 19.3. The molecule has 0 radical (unpaired) electrons. The molecule has 2 atom stereocenters. The molecular weight excluding hydrogens is 364 g/mol. The fraction of sp³-hybridized carbons (Fsp3) is 0.400. The highest BCUT2D eigenvalue weighted by Gasteiger charge is 2.29. The minimum atomic E-state index is -0.723. The van der Waals surface area contributed by atoms with E-state index in [-0.39, 0.29) is 36.0 Å². The number of carbonyl (C=O) groups excluding carboxylic acids is 2. The zero-order chi connectivity index (χ0) is 20.3. The fourth-order valence-corrected chi connectivity index (χ4v) is 3.54. The molecule has 3 rings (SSSR count). The number of amides is 1. The van der Waals surface area contributed by atoms with Gasteiger partial charge in [-0.2, -0.15) is 0 Å². The number of ether oxygens (including phenoxy) is 1. The second kappa shape index (κ2) is 8.24. The van der Waals surface area contributed by atoms with Gasteiger partial charge in [0.2, 0.25) is 5.76 Å². The fourth-order valence-electron chi connectivity index (χ4n) is 3.54. The molecule has 8 heteroatoms. The third kappa shape index (κ3) is 4.21. The van der Waals surface area contributed by atoms with E-state index in [9.17, 15) is 19.7 Å². The maximum atomic E-state index is 12.4. The van der Waals surface area contributed by atoms with Gasteiger partial charge in [0, 0.05) is 29.8 Å². The number of hydrogen-bond donors (Lipinski definition) is 0. The first-order valence-corrected chi connectivity index (χ1v) is 9.19. The Morgan fingerprint density at radius 2 is 1.79 bits per heavy atom. The van der Waals surface area contributed by atoms with Crippen LogP contribution in [0.15, 0.2) is 40.8 Å². The Hall–Kier alpha value is -3.16. The van der Waals surface area contributed by atoms with Gasteiger partial charge in [-0.3, -0.25) is 14.9 Å². The lowest BCUT2D eigenvalue weighted by molar-refractivity contribution is -0.384. The molecule has 0 N–H and O–H groups in total. The molecule has 2 aromatic rings. The molecule has 1 aliphatic heterocycles. The van der Waals surface area contributed by atoms with E-state index < -0.39 is 10.9 Å². The zero-order valence-corrected chi connectivity index (χ0v) is 15.8. The highest BCUT2D eigenvalue weighted by Crippen LogP contribution is 2.25. The van der Waals surface area contributed by atoms with Crippen molar-refractivity contribution in [3.8, 4) is 11.3 Å². The zero-order valence-electron chi connectivity index (χ0n) is 15.8. The van der Waals surface area contributed by atoms with E-state index in [0.717, 1.165) is 19.3 Å². The largest absolute Gasteiger partial charge is 0.450 e. The van der Waals surface area contributed by atoms with Gasteiger partial charge in [0.1, 0.15) is 5.76 Å². The van der Waals surface area contributed by atoms with Crippen LogP contribution < -0.4 is 0 Å². The topological polar surface area (TPSA) is 103 Å². The average Bonchev–Trinajstić information content (AvgIpc) is 3.16. The van der Waals surface area contributed by atoms with Gasteiger partial charge >= 0.3 is 5.97 Å². The molecule has 1 aliphatic rings. The van der Waals surface area contributed by atoms with Gasteiger partial charge in [0.25, 0.3) is 11.6 Å². The predicted molar refractivity (Wildman–Crippen MR) is 101 cm³/mol. The molecule has 0 unspecified atom stereocenters. The minimum absolute atomic E-state index is 0.0270. The predicted octanol–water partition coefficient (Wildman–Crippen LogP) is 3.80. The van der Waals surface area contributed by atoms with Crippen molar-refractivity contribution < 1.29 is 23.7 Å². The highest BCUT2D eigenvalue weighted by atomic mass is 16.6. The number of esters is 1. The summed E-state index contributed by atoms with van der Waals surface area (Å²) in [5, 5.41) is 10.7. The molecule has 1 aromatic carbocycles. The first kappa shape index (κ1) is 19.6. The SMILES string of the molecule is C[C@@H]1CCC[C@@H](C)N1C(=O)COC(=O)c1ccc(-c2ccc([N+](=O)[O-])cc2)o1. The molecule has 0 aliphatic carbocycles. The van der Waals surface area contributed by atoms with Crippen molar-refractivity contribution in [3.63, 3.8) is 0 Å². The smallest absolute Gasteiger partial charge is 0.374 e. The van der Waals surface area contributed by atoms with E-state index in [2.05, 4.69) is 0 Å². The van der Waals surface area contributed by atoms with Gasteiger partial charge < -0.3 is 14.1 Å². The first-order chi connectivity index (χ1) is 13.4. The Labute approximate surface area is 162 Å². The van der Waals surface area contributed by atoms with Crippen LogP contribution in [0, 0.1) is 10.1 Å². The number of non-ortho nitro benzene ring substituents is 1. The van der Waals surface area contributed by atoms with Crippen LogP contribution in [0.25, 0.3) is 11.3 Å². The third-order valence-electron chi connectivity index (χ3n) is 4.98. The lowest BCUT2D eigenvalue weighted by Gasteiger charge is -2.38. The second-order valence-electron chi connectivity index (χ2n) is 6.97.